The molecule has 0 bridgehead atoms. The highest BCUT2D eigenvalue weighted by molar-refractivity contribution is 7.01. The van der Waals surface area contributed by atoms with Crippen molar-refractivity contribution >= 4 is 63.1 Å². The molecule has 0 amide bonds. The zero-order valence-electron chi connectivity index (χ0n) is 25.1. The third-order valence-electron chi connectivity index (χ3n) is 10.4. The summed E-state index contributed by atoms with van der Waals surface area (Å²) in [6.07, 6.45) is 16.0. The van der Waals surface area contributed by atoms with E-state index < -0.39 is 0 Å². The van der Waals surface area contributed by atoms with E-state index in [9.17, 15) is 0 Å². The van der Waals surface area contributed by atoms with Gasteiger partial charge >= 0.3 is 0 Å². The van der Waals surface area contributed by atoms with Gasteiger partial charge < -0.3 is 4.90 Å². The second-order valence-electron chi connectivity index (χ2n) is 12.8. The number of nitrogens with zero attached hydrogens (tertiary/aromatic N) is 1. The van der Waals surface area contributed by atoms with Gasteiger partial charge in [0, 0.05) is 28.6 Å². The summed E-state index contributed by atoms with van der Waals surface area (Å²) in [5, 5.41) is 2.55. The van der Waals surface area contributed by atoms with Gasteiger partial charge in [0.2, 0.25) is 6.71 Å². The van der Waals surface area contributed by atoms with E-state index in [1.165, 1.54) is 94.3 Å². The molecule has 2 aliphatic heterocycles. The average Bonchev–Trinajstić information content (AvgIpc) is 3.39. The minimum absolute atomic E-state index is 0.188. The van der Waals surface area contributed by atoms with Crippen LogP contribution in [0.15, 0.2) is 138 Å². The Hall–Kier alpha value is -5.52. The Morgan fingerprint density at radius 1 is 0.889 bits per heavy atom. The molecule has 2 heteroatoms. The summed E-state index contributed by atoms with van der Waals surface area (Å²) in [5.74, 6) is 0.272. The molecule has 0 aromatic heterocycles. The maximum Gasteiger partial charge on any atom is 0.248 e. The molecule has 0 saturated carbocycles. The van der Waals surface area contributed by atoms with Crippen LogP contribution in [0.25, 0.3) is 34.1 Å². The topological polar surface area (TPSA) is 3.24 Å². The number of rotatable bonds is 3. The molecule has 0 fully saturated rings. The van der Waals surface area contributed by atoms with Crippen molar-refractivity contribution in [1.82, 2.24) is 0 Å². The first-order valence-electron chi connectivity index (χ1n) is 15.8. The molecule has 0 N–H and O–H groups in total. The summed E-state index contributed by atoms with van der Waals surface area (Å²) < 4.78 is 0. The molecule has 0 spiro atoms. The summed E-state index contributed by atoms with van der Waals surface area (Å²) in [6.45, 7) is 6.32. The first-order valence-corrected chi connectivity index (χ1v) is 15.8. The van der Waals surface area contributed by atoms with Gasteiger partial charge in [-0.15, -0.1) is 0 Å². The molecule has 5 aromatic carbocycles. The highest BCUT2D eigenvalue weighted by Crippen LogP contribution is 2.48. The number of allylic oxidation sites excluding steroid dienone is 7. The van der Waals surface area contributed by atoms with Gasteiger partial charge in [-0.1, -0.05) is 102 Å². The van der Waals surface area contributed by atoms with E-state index in [-0.39, 0.29) is 12.6 Å². The van der Waals surface area contributed by atoms with Crippen molar-refractivity contribution < 1.29 is 0 Å². The van der Waals surface area contributed by atoms with Crippen molar-refractivity contribution in [2.75, 3.05) is 4.90 Å². The van der Waals surface area contributed by atoms with E-state index in [0.29, 0.717) is 0 Å². The SMILES string of the molecule is C=C/C=C\c1cc2c(cc1C)B1c3cc4ccccc4cc3N(c3cc4c5c(c3)CC=C3C=C=C=C(C=C4)C35)c3cccc-2c31. The van der Waals surface area contributed by atoms with Crippen LogP contribution < -0.4 is 21.3 Å². The van der Waals surface area contributed by atoms with Gasteiger partial charge in [-0.25, -0.2) is 0 Å². The molecular weight excluding hydrogens is 541 g/mol. The molecule has 5 aliphatic rings. The van der Waals surface area contributed by atoms with Gasteiger partial charge in [-0.3, -0.25) is 0 Å². The van der Waals surface area contributed by atoms with Crippen molar-refractivity contribution in [3.63, 3.8) is 0 Å². The number of fused-ring (bicyclic) bond motifs is 6. The van der Waals surface area contributed by atoms with Crippen molar-refractivity contribution in [1.29, 1.82) is 0 Å². The highest BCUT2D eigenvalue weighted by Gasteiger charge is 2.43. The zero-order valence-corrected chi connectivity index (χ0v) is 25.1. The zero-order chi connectivity index (χ0) is 29.8. The lowest BCUT2D eigenvalue weighted by Gasteiger charge is -2.38. The molecule has 1 unspecified atom stereocenters. The van der Waals surface area contributed by atoms with Gasteiger partial charge in [-0.05, 0) is 122 Å². The Balaban J connectivity index is 1.25. The van der Waals surface area contributed by atoms with Crippen LogP contribution >= 0.6 is 0 Å². The van der Waals surface area contributed by atoms with Crippen molar-refractivity contribution in [3.05, 3.63) is 166 Å². The molecule has 3 aliphatic carbocycles. The fourth-order valence-electron chi connectivity index (χ4n) is 8.50. The number of hydrogen-bond acceptors (Lipinski definition) is 1. The molecule has 208 valence electrons. The van der Waals surface area contributed by atoms with Crippen molar-refractivity contribution in [3.8, 4) is 11.1 Å². The van der Waals surface area contributed by atoms with Gasteiger partial charge in [0.25, 0.3) is 0 Å². The summed E-state index contributed by atoms with van der Waals surface area (Å²) in [5.41, 5.74) is 26.5. The van der Waals surface area contributed by atoms with E-state index >= 15 is 0 Å². The van der Waals surface area contributed by atoms with Gasteiger partial charge in [0.05, 0.1) is 0 Å². The monoisotopic (exact) mass is 569 g/mol. The standard InChI is InChI=1S/C43H28BN/c1-3-4-9-29-23-36-35-14-8-15-39-43(35)44(37(36)20-26(29)2)38-24-30-10-5-6-11-31(30)25-40(38)45(39)34-21-32-18-16-27-12-7-13-28-17-19-33(22-34)42(32)41(27)28/h3-6,8-12,14-17,19-25,41H,1,18H2,2H3/b9-4-. The molecule has 1 atom stereocenters. The maximum absolute atomic E-state index is 3.90. The molecule has 5 aromatic rings. The maximum atomic E-state index is 3.90. The molecule has 0 radical (unpaired) electrons. The van der Waals surface area contributed by atoms with Crippen LogP contribution in [-0.4, -0.2) is 6.71 Å². The van der Waals surface area contributed by atoms with E-state index in [2.05, 4.69) is 139 Å². The van der Waals surface area contributed by atoms with E-state index in [0.717, 1.165) is 6.42 Å². The predicted octanol–water partition coefficient (Wildman–Crippen LogP) is 8.47. The summed E-state index contributed by atoms with van der Waals surface area (Å²) >= 11 is 0. The van der Waals surface area contributed by atoms with Crippen LogP contribution in [0.1, 0.15) is 33.7 Å². The number of aryl methyl sites for hydroxylation is 1. The van der Waals surface area contributed by atoms with Crippen LogP contribution in [0.4, 0.5) is 17.1 Å². The fraction of sp³-hybridized carbons (Fsp3) is 0.0698. The van der Waals surface area contributed by atoms with Crippen molar-refractivity contribution in [2.45, 2.75) is 19.3 Å². The summed E-state index contributed by atoms with van der Waals surface area (Å²) in [7, 11) is 0. The van der Waals surface area contributed by atoms with Crippen molar-refractivity contribution in [2.24, 2.45) is 0 Å². The first-order chi connectivity index (χ1) is 22.2. The van der Waals surface area contributed by atoms with Gasteiger partial charge in [0.15, 0.2) is 0 Å². The lowest BCUT2D eigenvalue weighted by Crippen LogP contribution is -2.54. The Labute approximate surface area is 263 Å². The smallest absolute Gasteiger partial charge is 0.248 e. The Kier molecular flexibility index (Phi) is 4.98. The Morgan fingerprint density at radius 3 is 2.67 bits per heavy atom. The first kappa shape index (κ1) is 24.9. The Bertz CT molecular complexity index is 2420. The van der Waals surface area contributed by atoms with Gasteiger partial charge in [0.1, 0.15) is 0 Å². The van der Waals surface area contributed by atoms with Gasteiger partial charge in [-0.2, -0.15) is 0 Å². The van der Waals surface area contributed by atoms with E-state index in [4.69, 9.17) is 0 Å². The molecule has 10 rings (SSSR count). The lowest BCUT2D eigenvalue weighted by molar-refractivity contribution is 0.896. The second kappa shape index (κ2) is 9.01. The minimum atomic E-state index is 0.188. The van der Waals surface area contributed by atoms with Crippen LogP contribution in [0.5, 0.6) is 0 Å². The number of benzene rings is 5. The fourth-order valence-corrected chi connectivity index (χ4v) is 8.50. The van der Waals surface area contributed by atoms with E-state index in [1.54, 1.807) is 0 Å². The van der Waals surface area contributed by atoms with Crippen LogP contribution in [0, 0.1) is 6.92 Å². The molecule has 0 saturated heterocycles. The van der Waals surface area contributed by atoms with E-state index in [1.807, 2.05) is 12.2 Å². The number of anilines is 3. The normalized spacial score (nSPS) is 17.2. The summed E-state index contributed by atoms with van der Waals surface area (Å²) in [4.78, 5) is 2.55. The van der Waals surface area contributed by atoms with Crippen LogP contribution in [0.2, 0.25) is 0 Å². The minimum Gasteiger partial charge on any atom is -0.311 e. The third-order valence-corrected chi connectivity index (χ3v) is 10.4. The Morgan fingerprint density at radius 2 is 1.78 bits per heavy atom. The van der Waals surface area contributed by atoms with Crippen LogP contribution in [-0.2, 0) is 6.42 Å². The molecule has 2 heterocycles. The quantitative estimate of drug-likeness (QED) is 0.117. The second-order valence-corrected chi connectivity index (χ2v) is 12.8. The largest absolute Gasteiger partial charge is 0.311 e. The molecule has 45 heavy (non-hydrogen) atoms. The molecular formula is C43H28BN. The number of hydrogen-bond donors (Lipinski definition) is 0. The van der Waals surface area contributed by atoms with Crippen LogP contribution in [0.3, 0.4) is 0 Å². The summed E-state index contributed by atoms with van der Waals surface area (Å²) in [6, 6.07) is 30.3. The lowest BCUT2D eigenvalue weighted by atomic mass is 9.37. The highest BCUT2D eigenvalue weighted by atomic mass is 15.2. The molecule has 1 nitrogen and oxygen atoms in total. The predicted molar refractivity (Wildman–Crippen MR) is 191 cm³/mol. The third kappa shape index (κ3) is 3.36. The average molecular weight is 570 g/mol.